The number of halogens is 1. The Labute approximate surface area is 181 Å². The normalized spacial score (nSPS) is 11.2. The molecule has 0 aliphatic rings. The largest absolute Gasteiger partial charge is 0.496 e. The first-order chi connectivity index (χ1) is 14.4. The Balaban J connectivity index is 1.86. The van der Waals surface area contributed by atoms with E-state index in [2.05, 4.69) is 4.98 Å². The third-order valence-electron chi connectivity index (χ3n) is 5.15. The van der Waals surface area contributed by atoms with Crippen molar-refractivity contribution >= 4 is 50.0 Å². The highest BCUT2D eigenvalue weighted by Crippen LogP contribution is 2.43. The van der Waals surface area contributed by atoms with E-state index >= 15 is 0 Å². The number of hydrogen-bond acceptors (Lipinski definition) is 4. The van der Waals surface area contributed by atoms with Crippen LogP contribution in [-0.2, 0) is 6.42 Å². The molecule has 0 radical (unpaired) electrons. The number of hydrogen-bond donors (Lipinski definition) is 2. The molecule has 8 heteroatoms. The Hall–Kier alpha value is -3.03. The van der Waals surface area contributed by atoms with Gasteiger partial charge >= 0.3 is 6.09 Å². The van der Waals surface area contributed by atoms with Gasteiger partial charge in [-0.1, -0.05) is 35.9 Å². The Bertz CT molecular complexity index is 1310. The lowest BCUT2D eigenvalue weighted by molar-refractivity contribution is 0.156. The number of carboxylic acid groups (broad SMARTS) is 1. The van der Waals surface area contributed by atoms with Crippen LogP contribution in [0, 0.1) is 0 Å². The topological polar surface area (TPSA) is 82.6 Å². The van der Waals surface area contributed by atoms with E-state index in [9.17, 15) is 9.59 Å². The van der Waals surface area contributed by atoms with Crippen LogP contribution in [0.3, 0.4) is 0 Å². The number of benzene rings is 2. The minimum Gasteiger partial charge on any atom is -0.496 e. The maximum absolute atomic E-state index is 12.4. The summed E-state index contributed by atoms with van der Waals surface area (Å²) in [6.45, 7) is 0.415. The van der Waals surface area contributed by atoms with Crippen LogP contribution in [0.15, 0.2) is 46.6 Å². The lowest BCUT2D eigenvalue weighted by Gasteiger charge is -2.16. The first-order valence-corrected chi connectivity index (χ1v) is 10.5. The van der Waals surface area contributed by atoms with Crippen LogP contribution in [0.1, 0.15) is 5.56 Å². The molecule has 2 heterocycles. The number of amides is 1. The highest BCUT2D eigenvalue weighted by molar-refractivity contribution is 7.17. The van der Waals surface area contributed by atoms with Crippen LogP contribution in [0.25, 0.3) is 32.1 Å². The van der Waals surface area contributed by atoms with Crippen LogP contribution in [0.5, 0.6) is 5.75 Å². The number of aromatic amines is 1. The van der Waals surface area contributed by atoms with E-state index in [0.29, 0.717) is 34.0 Å². The highest BCUT2D eigenvalue weighted by Gasteiger charge is 2.19. The number of methoxy groups -OCH3 is 1. The van der Waals surface area contributed by atoms with Crippen molar-refractivity contribution < 1.29 is 14.6 Å². The van der Waals surface area contributed by atoms with E-state index in [1.807, 2.05) is 35.7 Å². The summed E-state index contributed by atoms with van der Waals surface area (Å²) in [6.07, 6.45) is -0.332. The number of carbonyl (C=O) groups is 1. The lowest BCUT2D eigenvalue weighted by Crippen LogP contribution is -2.26. The first-order valence-electron chi connectivity index (χ1n) is 9.23. The van der Waals surface area contributed by atoms with Gasteiger partial charge < -0.3 is 19.7 Å². The van der Waals surface area contributed by atoms with Crippen molar-refractivity contribution in [3.05, 3.63) is 62.7 Å². The summed E-state index contributed by atoms with van der Waals surface area (Å²) in [7, 11) is 3.14. The first kappa shape index (κ1) is 20.3. The number of fused-ring (bicyclic) bond motifs is 3. The molecule has 2 N–H and O–H groups in total. The molecule has 154 valence electrons. The zero-order valence-electron chi connectivity index (χ0n) is 16.4. The molecule has 0 spiro atoms. The van der Waals surface area contributed by atoms with Crippen molar-refractivity contribution in [1.82, 2.24) is 9.88 Å². The Morgan fingerprint density at radius 1 is 1.27 bits per heavy atom. The monoisotopic (exact) mass is 442 g/mol. The van der Waals surface area contributed by atoms with Crippen molar-refractivity contribution in [3.8, 4) is 16.9 Å². The number of nitrogens with zero attached hydrogens (tertiary/aromatic N) is 1. The molecule has 0 atom stereocenters. The van der Waals surface area contributed by atoms with Gasteiger partial charge in [-0.05, 0) is 29.0 Å². The van der Waals surface area contributed by atoms with Crippen molar-refractivity contribution in [2.75, 3.05) is 20.7 Å². The zero-order chi connectivity index (χ0) is 21.4. The van der Waals surface area contributed by atoms with E-state index < -0.39 is 6.09 Å². The van der Waals surface area contributed by atoms with Crippen molar-refractivity contribution in [3.63, 3.8) is 0 Å². The molecule has 6 nitrogen and oxygen atoms in total. The van der Waals surface area contributed by atoms with E-state index in [1.165, 1.54) is 16.2 Å². The minimum absolute atomic E-state index is 0.164. The van der Waals surface area contributed by atoms with Crippen LogP contribution >= 0.6 is 22.9 Å². The van der Waals surface area contributed by atoms with Gasteiger partial charge in [0.1, 0.15) is 10.4 Å². The highest BCUT2D eigenvalue weighted by atomic mass is 35.5. The zero-order valence-corrected chi connectivity index (χ0v) is 17.9. The second kappa shape index (κ2) is 8.01. The fourth-order valence-electron chi connectivity index (χ4n) is 3.55. The third kappa shape index (κ3) is 3.51. The minimum atomic E-state index is -0.947. The van der Waals surface area contributed by atoms with Gasteiger partial charge in [-0.15, -0.1) is 11.3 Å². The average molecular weight is 443 g/mol. The molecule has 4 rings (SSSR count). The summed E-state index contributed by atoms with van der Waals surface area (Å²) in [5.41, 5.74) is 3.21. The number of pyridine rings is 1. The summed E-state index contributed by atoms with van der Waals surface area (Å²) >= 11 is 7.85. The van der Waals surface area contributed by atoms with Gasteiger partial charge in [0.05, 0.1) is 17.6 Å². The van der Waals surface area contributed by atoms with E-state index in [4.69, 9.17) is 21.4 Å². The summed E-state index contributed by atoms with van der Waals surface area (Å²) in [5, 5.41) is 13.0. The second-order valence-corrected chi connectivity index (χ2v) is 8.28. The van der Waals surface area contributed by atoms with Gasteiger partial charge in [-0.2, -0.15) is 0 Å². The summed E-state index contributed by atoms with van der Waals surface area (Å²) in [6, 6.07) is 11.5. The molecule has 0 saturated heterocycles. The van der Waals surface area contributed by atoms with Gasteiger partial charge in [0.15, 0.2) is 0 Å². The molecule has 0 aliphatic heterocycles. The van der Waals surface area contributed by atoms with E-state index in [-0.39, 0.29) is 5.56 Å². The number of ether oxygens (including phenoxy) is 1. The van der Waals surface area contributed by atoms with Gasteiger partial charge in [0, 0.05) is 36.0 Å². The molecule has 0 unspecified atom stereocenters. The van der Waals surface area contributed by atoms with E-state index in [1.54, 1.807) is 20.2 Å². The smallest absolute Gasteiger partial charge is 0.407 e. The predicted octanol–water partition coefficient (Wildman–Crippen LogP) is 5.22. The molecular formula is C22H19ClN2O4S. The number of rotatable bonds is 5. The van der Waals surface area contributed by atoms with Gasteiger partial charge in [0.25, 0.3) is 5.56 Å². The SMILES string of the molecule is COc1cc(Cl)c2[nH]c(=O)c3sccc3c2c1-c1ccc(CCN(C)C(=O)O)cc1. The van der Waals surface area contributed by atoms with E-state index in [0.717, 1.165) is 27.5 Å². The summed E-state index contributed by atoms with van der Waals surface area (Å²) in [5.74, 6) is 0.616. The molecule has 0 saturated carbocycles. The number of likely N-dealkylation sites (N-methyl/N-ethyl adjacent to an activating group) is 1. The molecule has 0 fully saturated rings. The molecule has 0 bridgehead atoms. The predicted molar refractivity (Wildman–Crippen MR) is 121 cm³/mol. The van der Waals surface area contributed by atoms with Crippen LogP contribution < -0.4 is 10.3 Å². The Morgan fingerprint density at radius 2 is 2.00 bits per heavy atom. The summed E-state index contributed by atoms with van der Waals surface area (Å²) < 4.78 is 6.28. The lowest BCUT2D eigenvalue weighted by atomic mass is 9.96. The molecule has 2 aromatic heterocycles. The van der Waals surface area contributed by atoms with Crippen LogP contribution in [0.2, 0.25) is 5.02 Å². The maximum atomic E-state index is 12.4. The van der Waals surface area contributed by atoms with Crippen molar-refractivity contribution in [2.45, 2.75) is 6.42 Å². The van der Waals surface area contributed by atoms with Crippen molar-refractivity contribution in [1.29, 1.82) is 0 Å². The fraction of sp³-hybridized carbons (Fsp3) is 0.182. The average Bonchev–Trinajstić information content (AvgIpc) is 3.23. The molecule has 30 heavy (non-hydrogen) atoms. The molecule has 4 aromatic rings. The maximum Gasteiger partial charge on any atom is 0.407 e. The van der Waals surface area contributed by atoms with Gasteiger partial charge in [-0.3, -0.25) is 4.79 Å². The van der Waals surface area contributed by atoms with Crippen LogP contribution in [-0.4, -0.2) is 41.8 Å². The number of H-pyrrole nitrogens is 1. The molecular weight excluding hydrogens is 424 g/mol. The molecule has 1 amide bonds. The van der Waals surface area contributed by atoms with Gasteiger partial charge in [-0.25, -0.2) is 4.79 Å². The number of nitrogens with one attached hydrogen (secondary N) is 1. The second-order valence-electron chi connectivity index (χ2n) is 6.95. The standard InChI is InChI=1S/C22H19ClN2O4S/c1-25(22(27)28)9-7-12-3-5-13(6-4-12)17-16(29-2)11-15(23)19-18(17)14-8-10-30-20(14)21(26)24-19/h3-6,8,10-11H,7,9H2,1-2H3,(H,24,26)(H,27,28). The van der Waals surface area contributed by atoms with Crippen molar-refractivity contribution in [2.24, 2.45) is 0 Å². The quantitative estimate of drug-likeness (QED) is 0.443. The molecule has 0 aliphatic carbocycles. The Kier molecular flexibility index (Phi) is 5.40. The number of thiophene rings is 1. The third-order valence-corrected chi connectivity index (χ3v) is 6.36. The fourth-order valence-corrected chi connectivity index (χ4v) is 4.59. The van der Waals surface area contributed by atoms with Crippen LogP contribution in [0.4, 0.5) is 4.79 Å². The summed E-state index contributed by atoms with van der Waals surface area (Å²) in [4.78, 5) is 27.6. The van der Waals surface area contributed by atoms with Gasteiger partial charge in [0.2, 0.25) is 0 Å². The number of aromatic nitrogens is 1. The molecule has 2 aromatic carbocycles. The Morgan fingerprint density at radius 3 is 2.67 bits per heavy atom.